The van der Waals surface area contributed by atoms with Crippen LogP contribution in [0.2, 0.25) is 0 Å². The van der Waals surface area contributed by atoms with Crippen LogP contribution in [0.5, 0.6) is 0 Å². The molecule has 0 aliphatic heterocycles. The molecular weight excluding hydrogens is 250 g/mol. The summed E-state index contributed by atoms with van der Waals surface area (Å²) < 4.78 is 0. The number of hydrogen-bond donors (Lipinski definition) is 3. The molecule has 0 spiro atoms. The van der Waals surface area contributed by atoms with Crippen molar-refractivity contribution in [3.63, 3.8) is 0 Å². The number of carbonyl (C=O) groups excluding carboxylic acids is 1. The zero-order valence-corrected chi connectivity index (χ0v) is 10.5. The number of rotatable bonds is 4. The molecule has 0 atom stereocenters. The minimum atomic E-state index is -0.134. The topological polar surface area (TPSA) is 108 Å². The third-order valence-electron chi connectivity index (χ3n) is 2.38. The highest BCUT2D eigenvalue weighted by atomic mass is 32.1. The van der Waals surface area contributed by atoms with Gasteiger partial charge in [-0.25, -0.2) is 0 Å². The first-order chi connectivity index (χ1) is 8.63. The second-order valence-electron chi connectivity index (χ2n) is 3.68. The number of nitrogen functional groups attached to an aromatic ring is 1. The number of ketones is 1. The lowest BCUT2D eigenvalue weighted by Crippen LogP contribution is -1.98. The molecule has 0 amide bonds. The van der Waals surface area contributed by atoms with Crippen molar-refractivity contribution >= 4 is 27.8 Å². The molecular formula is C11H11N5OS. The van der Waals surface area contributed by atoms with Gasteiger partial charge in [0.25, 0.3) is 0 Å². The van der Waals surface area contributed by atoms with Gasteiger partial charge in [-0.05, 0) is 0 Å². The fourth-order valence-electron chi connectivity index (χ4n) is 1.50. The molecule has 0 saturated heterocycles. The highest BCUT2D eigenvalue weighted by Gasteiger charge is 2.18. The van der Waals surface area contributed by atoms with Crippen molar-refractivity contribution in [3.8, 4) is 6.07 Å². The number of anilines is 2. The second kappa shape index (κ2) is 4.89. The normalized spacial score (nSPS) is 10.0. The number of H-pyrrole nitrogens is 1. The molecule has 0 aromatic carbocycles. The summed E-state index contributed by atoms with van der Waals surface area (Å²) in [6, 6.07) is 2.02. The maximum atomic E-state index is 11.4. The monoisotopic (exact) mass is 261 g/mol. The number of thiophene rings is 1. The Morgan fingerprint density at radius 2 is 2.50 bits per heavy atom. The van der Waals surface area contributed by atoms with Gasteiger partial charge in [-0.2, -0.15) is 10.4 Å². The number of nitrogens with two attached hydrogens (primary N) is 1. The van der Waals surface area contributed by atoms with E-state index in [1.54, 1.807) is 12.4 Å². The van der Waals surface area contributed by atoms with E-state index in [4.69, 9.17) is 11.0 Å². The van der Waals surface area contributed by atoms with Crippen molar-refractivity contribution < 1.29 is 4.79 Å². The lowest BCUT2D eigenvalue weighted by Gasteiger charge is -2.01. The van der Waals surface area contributed by atoms with Crippen LogP contribution in [0.1, 0.15) is 27.7 Å². The molecule has 0 aliphatic rings. The van der Waals surface area contributed by atoms with Gasteiger partial charge in [-0.15, -0.1) is 11.3 Å². The van der Waals surface area contributed by atoms with Crippen LogP contribution in [-0.2, 0) is 6.54 Å². The molecule has 7 heteroatoms. The van der Waals surface area contributed by atoms with E-state index < -0.39 is 0 Å². The Balaban J connectivity index is 2.25. The molecule has 6 nitrogen and oxygen atoms in total. The number of aromatic amines is 1. The van der Waals surface area contributed by atoms with Crippen LogP contribution in [0.4, 0.5) is 10.7 Å². The SMILES string of the molecule is CC(=O)c1sc(NCc2cn[nH]c2)c(C#N)c1N. The Morgan fingerprint density at radius 3 is 3.06 bits per heavy atom. The van der Waals surface area contributed by atoms with E-state index in [0.717, 1.165) is 5.56 Å². The molecule has 0 radical (unpaired) electrons. The average molecular weight is 261 g/mol. The van der Waals surface area contributed by atoms with Crippen molar-refractivity contribution in [2.75, 3.05) is 11.1 Å². The molecule has 0 bridgehead atoms. The van der Waals surface area contributed by atoms with Crippen molar-refractivity contribution in [2.24, 2.45) is 0 Å². The predicted octanol–water partition coefficient (Wildman–Crippen LogP) is 1.74. The van der Waals surface area contributed by atoms with Crippen molar-refractivity contribution in [1.82, 2.24) is 10.2 Å². The second-order valence-corrected chi connectivity index (χ2v) is 4.70. The highest BCUT2D eigenvalue weighted by Crippen LogP contribution is 2.35. The molecule has 2 aromatic heterocycles. The number of carbonyl (C=O) groups is 1. The quantitative estimate of drug-likeness (QED) is 0.726. The molecule has 0 fully saturated rings. The van der Waals surface area contributed by atoms with Gasteiger partial charge in [0.15, 0.2) is 5.78 Å². The van der Waals surface area contributed by atoms with Gasteiger partial charge in [-0.3, -0.25) is 9.89 Å². The maximum Gasteiger partial charge on any atom is 0.171 e. The minimum Gasteiger partial charge on any atom is -0.396 e. The molecule has 92 valence electrons. The molecule has 0 aliphatic carbocycles. The Labute approximate surface area is 107 Å². The summed E-state index contributed by atoms with van der Waals surface area (Å²) >= 11 is 1.20. The van der Waals surface area contributed by atoms with Gasteiger partial charge in [0.1, 0.15) is 16.6 Å². The van der Waals surface area contributed by atoms with E-state index in [-0.39, 0.29) is 11.5 Å². The lowest BCUT2D eigenvalue weighted by molar-refractivity contribution is 0.102. The number of nitrogens with one attached hydrogen (secondary N) is 2. The molecule has 2 rings (SSSR count). The average Bonchev–Trinajstić information content (AvgIpc) is 2.93. The number of nitriles is 1. The van der Waals surface area contributed by atoms with Crippen LogP contribution in [0.3, 0.4) is 0 Å². The highest BCUT2D eigenvalue weighted by molar-refractivity contribution is 7.18. The predicted molar refractivity (Wildman–Crippen MR) is 69.4 cm³/mol. The van der Waals surface area contributed by atoms with E-state index in [0.29, 0.717) is 22.0 Å². The molecule has 0 unspecified atom stereocenters. The Kier molecular flexibility index (Phi) is 3.30. The van der Waals surface area contributed by atoms with Gasteiger partial charge in [0.2, 0.25) is 0 Å². The first kappa shape index (κ1) is 12.1. The van der Waals surface area contributed by atoms with E-state index in [2.05, 4.69) is 15.5 Å². The van der Waals surface area contributed by atoms with Gasteiger partial charge in [-0.1, -0.05) is 0 Å². The minimum absolute atomic E-state index is 0.134. The smallest absolute Gasteiger partial charge is 0.171 e. The zero-order valence-electron chi connectivity index (χ0n) is 9.65. The van der Waals surface area contributed by atoms with Crippen molar-refractivity contribution in [3.05, 3.63) is 28.4 Å². The van der Waals surface area contributed by atoms with Crippen LogP contribution in [0, 0.1) is 11.3 Å². The number of hydrogen-bond acceptors (Lipinski definition) is 6. The molecule has 18 heavy (non-hydrogen) atoms. The summed E-state index contributed by atoms with van der Waals surface area (Å²) in [6.45, 7) is 1.95. The van der Waals surface area contributed by atoms with Crippen LogP contribution in [0.15, 0.2) is 12.4 Å². The van der Waals surface area contributed by atoms with Crippen LogP contribution < -0.4 is 11.1 Å². The van der Waals surface area contributed by atoms with Gasteiger partial charge in [0, 0.05) is 25.2 Å². The summed E-state index contributed by atoms with van der Waals surface area (Å²) in [5.41, 5.74) is 7.31. The fourth-order valence-corrected chi connectivity index (χ4v) is 2.46. The largest absolute Gasteiger partial charge is 0.396 e. The summed E-state index contributed by atoms with van der Waals surface area (Å²) in [7, 11) is 0. The van der Waals surface area contributed by atoms with E-state index in [1.807, 2.05) is 6.07 Å². The van der Waals surface area contributed by atoms with E-state index in [9.17, 15) is 4.79 Å². The van der Waals surface area contributed by atoms with E-state index >= 15 is 0 Å². The van der Waals surface area contributed by atoms with Gasteiger partial charge < -0.3 is 11.1 Å². The third-order valence-corrected chi connectivity index (χ3v) is 3.65. The third kappa shape index (κ3) is 2.19. The standard InChI is InChI=1S/C11H11N5OS/c1-6(17)10-9(13)8(2-12)11(18-10)14-3-7-4-15-16-5-7/h4-5,14H,3,13H2,1H3,(H,15,16). The molecule has 4 N–H and O–H groups in total. The Hall–Kier alpha value is -2.33. The first-order valence-corrected chi connectivity index (χ1v) is 6.00. The lowest BCUT2D eigenvalue weighted by atomic mass is 10.2. The molecule has 2 aromatic rings. The van der Waals surface area contributed by atoms with Crippen molar-refractivity contribution in [1.29, 1.82) is 5.26 Å². The van der Waals surface area contributed by atoms with Crippen molar-refractivity contribution in [2.45, 2.75) is 13.5 Å². The van der Waals surface area contributed by atoms with Crippen LogP contribution in [-0.4, -0.2) is 16.0 Å². The molecule has 0 saturated carbocycles. The number of aromatic nitrogens is 2. The zero-order chi connectivity index (χ0) is 13.1. The number of Topliss-reactive ketones (excluding diaryl/α,β-unsaturated/α-hetero) is 1. The summed E-state index contributed by atoms with van der Waals surface area (Å²) in [5, 5.41) is 19.3. The number of nitrogens with zero attached hydrogens (tertiary/aromatic N) is 2. The summed E-state index contributed by atoms with van der Waals surface area (Å²) in [4.78, 5) is 11.8. The van der Waals surface area contributed by atoms with E-state index in [1.165, 1.54) is 18.3 Å². The van der Waals surface area contributed by atoms with Crippen LogP contribution >= 0.6 is 11.3 Å². The fraction of sp³-hybridized carbons (Fsp3) is 0.182. The summed E-state index contributed by atoms with van der Waals surface area (Å²) in [6.07, 6.45) is 3.43. The van der Waals surface area contributed by atoms with Crippen LogP contribution in [0.25, 0.3) is 0 Å². The van der Waals surface area contributed by atoms with Gasteiger partial charge in [0.05, 0.1) is 16.8 Å². The summed E-state index contributed by atoms with van der Waals surface area (Å²) in [5.74, 6) is -0.134. The molecule has 2 heterocycles. The Bertz CT molecular complexity index is 608. The Morgan fingerprint density at radius 1 is 1.72 bits per heavy atom. The first-order valence-electron chi connectivity index (χ1n) is 5.18. The maximum absolute atomic E-state index is 11.4. The van der Waals surface area contributed by atoms with Gasteiger partial charge >= 0.3 is 0 Å².